The smallest absolute Gasteiger partial charge is 0.0900 e. The van der Waals surface area contributed by atoms with Gasteiger partial charge < -0.3 is 14.4 Å². The molecule has 4 nitrogen and oxygen atoms in total. The molecule has 1 aromatic heterocycles. The molecule has 0 spiro atoms. The lowest BCUT2D eigenvalue weighted by atomic mass is 10.2. The fourth-order valence-corrected chi connectivity index (χ4v) is 2.69. The summed E-state index contributed by atoms with van der Waals surface area (Å²) < 4.78 is 7.26. The average molecular weight is 314 g/mol. The Morgan fingerprint density at radius 2 is 2.04 bits per heavy atom. The van der Waals surface area contributed by atoms with Crippen LogP contribution < -0.4 is 0 Å². The van der Waals surface area contributed by atoms with Gasteiger partial charge in [-0.05, 0) is 17.7 Å². The van der Waals surface area contributed by atoms with Gasteiger partial charge in [-0.3, -0.25) is 4.90 Å². The summed E-state index contributed by atoms with van der Waals surface area (Å²) >= 11 is 0. The molecule has 0 aliphatic carbocycles. The van der Waals surface area contributed by atoms with E-state index in [1.54, 1.807) is 7.11 Å². The Labute approximate surface area is 138 Å². The number of hydrogen-bond acceptors (Lipinski definition) is 3. The SMILES string of the molecule is C=CCN(Cc1cccn1Cc1ccccc1)C[C@@H](O)COC. The Balaban J connectivity index is 2.02. The summed E-state index contributed by atoms with van der Waals surface area (Å²) in [4.78, 5) is 2.17. The zero-order valence-corrected chi connectivity index (χ0v) is 13.8. The Hall–Kier alpha value is -1.88. The monoisotopic (exact) mass is 314 g/mol. The maximum absolute atomic E-state index is 9.97. The van der Waals surface area contributed by atoms with Gasteiger partial charge in [0.25, 0.3) is 0 Å². The van der Waals surface area contributed by atoms with Crippen LogP contribution in [0.1, 0.15) is 11.3 Å². The van der Waals surface area contributed by atoms with Crippen LogP contribution >= 0.6 is 0 Å². The zero-order chi connectivity index (χ0) is 16.5. The van der Waals surface area contributed by atoms with Crippen LogP contribution in [0.3, 0.4) is 0 Å². The van der Waals surface area contributed by atoms with Crippen LogP contribution in [0.2, 0.25) is 0 Å². The third kappa shape index (κ3) is 5.67. The van der Waals surface area contributed by atoms with Crippen LogP contribution in [0.15, 0.2) is 61.3 Å². The molecule has 23 heavy (non-hydrogen) atoms. The molecule has 0 aliphatic heterocycles. The fraction of sp³-hybridized carbons (Fsp3) is 0.368. The molecule has 2 aromatic rings. The molecule has 0 bridgehead atoms. The minimum Gasteiger partial charge on any atom is -0.389 e. The van der Waals surface area contributed by atoms with Crippen molar-refractivity contribution in [1.82, 2.24) is 9.47 Å². The van der Waals surface area contributed by atoms with Crippen LogP contribution in [-0.4, -0.2) is 47.5 Å². The first-order chi connectivity index (χ1) is 11.2. The maximum Gasteiger partial charge on any atom is 0.0900 e. The summed E-state index contributed by atoms with van der Waals surface area (Å²) in [6.45, 7) is 7.08. The first kappa shape index (κ1) is 17.5. The number of methoxy groups -OCH3 is 1. The lowest BCUT2D eigenvalue weighted by Gasteiger charge is -2.24. The normalized spacial score (nSPS) is 12.5. The number of rotatable bonds is 10. The van der Waals surface area contributed by atoms with E-state index in [1.807, 2.05) is 12.1 Å². The lowest BCUT2D eigenvalue weighted by Crippen LogP contribution is -2.35. The van der Waals surface area contributed by atoms with Crippen LogP contribution in [0, 0.1) is 0 Å². The first-order valence-electron chi connectivity index (χ1n) is 7.91. The molecule has 124 valence electrons. The van der Waals surface area contributed by atoms with Crippen LogP contribution in [0.4, 0.5) is 0 Å². The first-order valence-corrected chi connectivity index (χ1v) is 7.91. The van der Waals surface area contributed by atoms with Gasteiger partial charge in [0, 0.05) is 45.2 Å². The zero-order valence-electron chi connectivity index (χ0n) is 13.8. The number of aliphatic hydroxyl groups excluding tert-OH is 1. The molecule has 0 saturated carbocycles. The van der Waals surface area contributed by atoms with Gasteiger partial charge >= 0.3 is 0 Å². The van der Waals surface area contributed by atoms with Crippen molar-refractivity contribution >= 4 is 0 Å². The molecule has 0 fully saturated rings. The predicted molar refractivity (Wildman–Crippen MR) is 93.3 cm³/mol. The van der Waals surface area contributed by atoms with Crippen molar-refractivity contribution in [2.75, 3.05) is 26.8 Å². The average Bonchev–Trinajstić information content (AvgIpc) is 2.96. The Morgan fingerprint density at radius 3 is 2.74 bits per heavy atom. The highest BCUT2D eigenvalue weighted by Gasteiger charge is 2.13. The number of ether oxygens (including phenoxy) is 1. The van der Waals surface area contributed by atoms with Crippen molar-refractivity contribution in [2.24, 2.45) is 0 Å². The van der Waals surface area contributed by atoms with Crippen LogP contribution in [0.5, 0.6) is 0 Å². The summed E-state index contributed by atoms with van der Waals surface area (Å²) in [5.74, 6) is 0. The van der Waals surface area contributed by atoms with Gasteiger partial charge in [-0.15, -0.1) is 6.58 Å². The van der Waals surface area contributed by atoms with E-state index in [4.69, 9.17) is 4.74 Å². The van der Waals surface area contributed by atoms with E-state index in [-0.39, 0.29) is 0 Å². The highest BCUT2D eigenvalue weighted by molar-refractivity contribution is 5.17. The predicted octanol–water partition coefficient (Wildman–Crippen LogP) is 2.53. The van der Waals surface area contributed by atoms with Gasteiger partial charge in [0.2, 0.25) is 0 Å². The molecule has 0 amide bonds. The second-order valence-corrected chi connectivity index (χ2v) is 5.70. The standard InChI is InChI=1S/C19H26N2O2/c1-3-11-20(15-19(22)16-23-2)14-18-10-7-12-21(18)13-17-8-5-4-6-9-17/h3-10,12,19,22H,1,11,13-16H2,2H3/t19-/m1/s1. The van der Waals surface area contributed by atoms with Crippen molar-refractivity contribution in [3.8, 4) is 0 Å². The topological polar surface area (TPSA) is 37.6 Å². The van der Waals surface area contributed by atoms with E-state index < -0.39 is 6.10 Å². The van der Waals surface area contributed by atoms with Gasteiger partial charge in [-0.1, -0.05) is 36.4 Å². The quantitative estimate of drug-likeness (QED) is 0.685. The van der Waals surface area contributed by atoms with Gasteiger partial charge in [-0.2, -0.15) is 0 Å². The molecule has 0 saturated heterocycles. The minimum atomic E-state index is -0.488. The molecule has 1 N–H and O–H groups in total. The molecule has 4 heteroatoms. The molecule has 2 rings (SSSR count). The fourth-order valence-electron chi connectivity index (χ4n) is 2.69. The third-order valence-corrected chi connectivity index (χ3v) is 3.72. The van der Waals surface area contributed by atoms with Crippen LogP contribution in [0.25, 0.3) is 0 Å². The maximum atomic E-state index is 9.97. The molecule has 0 unspecified atom stereocenters. The second kappa shape index (κ2) is 9.30. The van der Waals surface area contributed by atoms with Crippen molar-refractivity contribution < 1.29 is 9.84 Å². The van der Waals surface area contributed by atoms with E-state index in [0.29, 0.717) is 13.2 Å². The summed E-state index contributed by atoms with van der Waals surface area (Å²) in [6, 6.07) is 14.6. The van der Waals surface area contributed by atoms with E-state index in [1.165, 1.54) is 11.3 Å². The van der Waals surface area contributed by atoms with Crippen molar-refractivity contribution in [3.05, 3.63) is 72.6 Å². The van der Waals surface area contributed by atoms with Crippen molar-refractivity contribution in [2.45, 2.75) is 19.2 Å². The van der Waals surface area contributed by atoms with E-state index in [0.717, 1.165) is 19.6 Å². The van der Waals surface area contributed by atoms with Gasteiger partial charge in [0.05, 0.1) is 12.7 Å². The number of benzene rings is 1. The second-order valence-electron chi connectivity index (χ2n) is 5.70. The highest BCUT2D eigenvalue weighted by atomic mass is 16.5. The Kier molecular flexibility index (Phi) is 7.07. The number of nitrogens with zero attached hydrogens (tertiary/aromatic N) is 2. The highest BCUT2D eigenvalue weighted by Crippen LogP contribution is 2.11. The lowest BCUT2D eigenvalue weighted by molar-refractivity contribution is 0.0381. The molecule has 0 radical (unpaired) electrons. The van der Waals surface area contributed by atoms with E-state index in [9.17, 15) is 5.11 Å². The number of aromatic nitrogens is 1. The Bertz CT molecular complexity index is 580. The largest absolute Gasteiger partial charge is 0.389 e. The van der Waals surface area contributed by atoms with Gasteiger partial charge in [0.1, 0.15) is 0 Å². The molecular weight excluding hydrogens is 288 g/mol. The van der Waals surface area contributed by atoms with E-state index >= 15 is 0 Å². The summed E-state index contributed by atoms with van der Waals surface area (Å²) in [5, 5.41) is 9.97. The number of aliphatic hydroxyl groups is 1. The molecule has 1 aromatic carbocycles. The summed E-state index contributed by atoms with van der Waals surface area (Å²) in [6.07, 6.45) is 3.47. The molecule has 1 atom stereocenters. The molecule has 1 heterocycles. The minimum absolute atomic E-state index is 0.346. The van der Waals surface area contributed by atoms with Crippen LogP contribution in [-0.2, 0) is 17.8 Å². The van der Waals surface area contributed by atoms with Crippen molar-refractivity contribution in [3.63, 3.8) is 0 Å². The van der Waals surface area contributed by atoms with E-state index in [2.05, 4.69) is 58.6 Å². The summed E-state index contributed by atoms with van der Waals surface area (Å²) in [5.41, 5.74) is 2.50. The van der Waals surface area contributed by atoms with Gasteiger partial charge in [0.15, 0.2) is 0 Å². The van der Waals surface area contributed by atoms with Gasteiger partial charge in [-0.25, -0.2) is 0 Å². The number of hydrogen-bond donors (Lipinski definition) is 1. The molecular formula is C19H26N2O2. The van der Waals surface area contributed by atoms with Crippen molar-refractivity contribution in [1.29, 1.82) is 0 Å². The Morgan fingerprint density at radius 1 is 1.26 bits per heavy atom. The third-order valence-electron chi connectivity index (χ3n) is 3.72. The summed E-state index contributed by atoms with van der Waals surface area (Å²) in [7, 11) is 1.60. The molecule has 0 aliphatic rings.